The lowest BCUT2D eigenvalue weighted by atomic mass is 10.1. The van der Waals surface area contributed by atoms with Crippen LogP contribution in [0.4, 0.5) is 16.2 Å². The summed E-state index contributed by atoms with van der Waals surface area (Å²) in [5.41, 5.74) is 3.24. The van der Waals surface area contributed by atoms with Crippen molar-refractivity contribution in [2.75, 3.05) is 16.7 Å². The van der Waals surface area contributed by atoms with Crippen molar-refractivity contribution in [1.82, 2.24) is 15.0 Å². The number of benzene rings is 2. The molecule has 4 rings (SSSR count). The van der Waals surface area contributed by atoms with E-state index in [0.717, 1.165) is 20.9 Å². The van der Waals surface area contributed by atoms with E-state index < -0.39 is 6.03 Å². The summed E-state index contributed by atoms with van der Waals surface area (Å²) in [5, 5.41) is 3.57. The van der Waals surface area contributed by atoms with E-state index in [1.807, 2.05) is 12.1 Å². The van der Waals surface area contributed by atoms with Gasteiger partial charge < -0.3 is 15.0 Å². The first-order chi connectivity index (χ1) is 14.4. The number of pyridine rings is 1. The first kappa shape index (κ1) is 20.3. The molecule has 0 aliphatic heterocycles. The molecule has 0 saturated carbocycles. The van der Waals surface area contributed by atoms with Crippen LogP contribution in [0, 0.1) is 0 Å². The Hall–Kier alpha value is -2.94. The van der Waals surface area contributed by atoms with Crippen molar-refractivity contribution < 1.29 is 9.53 Å². The van der Waals surface area contributed by atoms with Crippen LogP contribution in [0.1, 0.15) is 0 Å². The molecular weight excluding hydrogens is 445 g/mol. The quantitative estimate of drug-likeness (QED) is 0.335. The van der Waals surface area contributed by atoms with Gasteiger partial charge in [-0.25, -0.2) is 14.1 Å². The molecule has 0 aliphatic rings. The minimum absolute atomic E-state index is 0.392. The zero-order valence-corrected chi connectivity index (χ0v) is 18.0. The number of aromatic amines is 1. The van der Waals surface area contributed by atoms with Crippen LogP contribution >= 0.6 is 36.0 Å². The predicted octanol–water partition coefficient (Wildman–Crippen LogP) is 5.82. The molecule has 2 amide bonds. The summed E-state index contributed by atoms with van der Waals surface area (Å²) in [6.45, 7) is 0. The summed E-state index contributed by atoms with van der Waals surface area (Å²) >= 11 is 16.3. The predicted molar refractivity (Wildman–Crippen MR) is 123 cm³/mol. The van der Waals surface area contributed by atoms with Crippen LogP contribution in [0.5, 0.6) is 5.75 Å². The van der Waals surface area contributed by atoms with Gasteiger partial charge in [-0.05, 0) is 42.5 Å². The molecule has 4 aromatic rings. The van der Waals surface area contributed by atoms with Gasteiger partial charge in [0, 0.05) is 21.8 Å². The SMILES string of the molecule is COc1ccc(-c2nc3ccncc3[nH]2)cc1NC(=O)N(S)c1cc(Cl)cc(Cl)c1. The maximum absolute atomic E-state index is 12.8. The topological polar surface area (TPSA) is 83.1 Å². The Kier molecular flexibility index (Phi) is 5.72. The Balaban J connectivity index is 1.64. The molecule has 0 atom stereocenters. The standard InChI is InChI=1S/C20H15Cl2N5O2S/c1-29-18-3-2-11(19-24-15-4-5-23-10-17(15)25-19)6-16(18)26-20(28)27(30)14-8-12(21)7-13(22)9-14/h2-10,30H,1H3,(H,24,25)(H,26,28). The maximum Gasteiger partial charge on any atom is 0.336 e. The number of amides is 2. The summed E-state index contributed by atoms with van der Waals surface area (Å²) in [5.74, 6) is 1.12. The Bertz CT molecular complexity index is 1190. The number of ether oxygens (including phenoxy) is 1. The molecule has 0 saturated heterocycles. The fourth-order valence-corrected chi connectivity index (χ4v) is 3.57. The maximum atomic E-state index is 12.8. The van der Waals surface area contributed by atoms with Gasteiger partial charge in [-0.1, -0.05) is 36.0 Å². The van der Waals surface area contributed by atoms with Gasteiger partial charge in [-0.3, -0.25) is 4.98 Å². The number of carbonyl (C=O) groups excluding carboxylic acids is 1. The van der Waals surface area contributed by atoms with Gasteiger partial charge in [0.2, 0.25) is 0 Å². The van der Waals surface area contributed by atoms with Crippen LogP contribution in [0.3, 0.4) is 0 Å². The van der Waals surface area contributed by atoms with Gasteiger partial charge in [0.05, 0.1) is 35.7 Å². The molecule has 0 unspecified atom stereocenters. The van der Waals surface area contributed by atoms with Crippen molar-refractivity contribution in [3.8, 4) is 17.1 Å². The highest BCUT2D eigenvalue weighted by atomic mass is 35.5. The molecule has 0 spiro atoms. The Morgan fingerprint density at radius 2 is 1.93 bits per heavy atom. The number of anilines is 2. The van der Waals surface area contributed by atoms with Crippen molar-refractivity contribution in [1.29, 1.82) is 0 Å². The molecule has 152 valence electrons. The van der Waals surface area contributed by atoms with Crippen LogP contribution in [0.15, 0.2) is 54.9 Å². The van der Waals surface area contributed by atoms with E-state index in [9.17, 15) is 4.79 Å². The van der Waals surface area contributed by atoms with Crippen LogP contribution in [-0.2, 0) is 0 Å². The lowest BCUT2D eigenvalue weighted by molar-refractivity contribution is 0.260. The average Bonchev–Trinajstić information content (AvgIpc) is 3.16. The van der Waals surface area contributed by atoms with Crippen molar-refractivity contribution in [3.63, 3.8) is 0 Å². The fourth-order valence-electron chi connectivity index (χ4n) is 2.89. The van der Waals surface area contributed by atoms with Crippen LogP contribution in [-0.4, -0.2) is 28.1 Å². The number of urea groups is 1. The van der Waals surface area contributed by atoms with Crippen molar-refractivity contribution >= 4 is 64.5 Å². The van der Waals surface area contributed by atoms with Gasteiger partial charge in [0.1, 0.15) is 11.6 Å². The molecule has 10 heteroatoms. The van der Waals surface area contributed by atoms with Crippen LogP contribution < -0.4 is 14.4 Å². The zero-order chi connectivity index (χ0) is 21.3. The van der Waals surface area contributed by atoms with Crippen LogP contribution in [0.2, 0.25) is 10.0 Å². The minimum Gasteiger partial charge on any atom is -0.495 e. The summed E-state index contributed by atoms with van der Waals surface area (Å²) < 4.78 is 6.49. The largest absolute Gasteiger partial charge is 0.495 e. The Morgan fingerprint density at radius 1 is 1.17 bits per heavy atom. The zero-order valence-electron chi connectivity index (χ0n) is 15.6. The number of halogens is 2. The fraction of sp³-hybridized carbons (Fsp3) is 0.0500. The third-order valence-corrected chi connectivity index (χ3v) is 5.13. The number of imidazole rings is 1. The molecule has 2 N–H and O–H groups in total. The lowest BCUT2D eigenvalue weighted by Crippen LogP contribution is -2.27. The molecule has 0 aliphatic carbocycles. The van der Waals surface area contributed by atoms with Gasteiger partial charge in [-0.15, -0.1) is 0 Å². The van der Waals surface area contributed by atoms with E-state index in [4.69, 9.17) is 27.9 Å². The number of rotatable bonds is 4. The van der Waals surface area contributed by atoms with Crippen LogP contribution in [0.25, 0.3) is 22.4 Å². The second kappa shape index (κ2) is 8.43. The molecular formula is C20H15Cl2N5O2S. The molecule has 0 fully saturated rings. The van der Waals surface area contributed by atoms with E-state index in [0.29, 0.717) is 33.0 Å². The number of nitrogens with zero attached hydrogens (tertiary/aromatic N) is 3. The number of thiol groups is 1. The average molecular weight is 460 g/mol. The van der Waals surface area contributed by atoms with Crippen molar-refractivity contribution in [2.45, 2.75) is 0 Å². The number of fused-ring (bicyclic) bond motifs is 1. The smallest absolute Gasteiger partial charge is 0.336 e. The monoisotopic (exact) mass is 459 g/mol. The van der Waals surface area contributed by atoms with Gasteiger partial charge >= 0.3 is 6.03 Å². The van der Waals surface area contributed by atoms with E-state index in [1.165, 1.54) is 7.11 Å². The molecule has 2 heterocycles. The number of aromatic nitrogens is 3. The Labute approximate surface area is 187 Å². The lowest BCUT2D eigenvalue weighted by Gasteiger charge is -2.18. The summed E-state index contributed by atoms with van der Waals surface area (Å²) in [6, 6.07) is 11.4. The summed E-state index contributed by atoms with van der Waals surface area (Å²) in [4.78, 5) is 24.6. The third-order valence-electron chi connectivity index (χ3n) is 4.28. The number of hydrogen-bond donors (Lipinski definition) is 3. The first-order valence-corrected chi connectivity index (χ1v) is 9.84. The van der Waals surface area contributed by atoms with E-state index >= 15 is 0 Å². The molecule has 0 radical (unpaired) electrons. The summed E-state index contributed by atoms with van der Waals surface area (Å²) in [7, 11) is 1.52. The first-order valence-electron chi connectivity index (χ1n) is 8.69. The molecule has 2 aromatic carbocycles. The summed E-state index contributed by atoms with van der Waals surface area (Å²) in [6.07, 6.45) is 3.38. The minimum atomic E-state index is -0.513. The Morgan fingerprint density at radius 3 is 2.63 bits per heavy atom. The number of H-pyrrole nitrogens is 1. The molecule has 2 aromatic heterocycles. The third kappa shape index (κ3) is 4.16. The van der Waals surface area contributed by atoms with Gasteiger partial charge in [0.15, 0.2) is 0 Å². The number of carbonyl (C=O) groups is 1. The number of hydrogen-bond acceptors (Lipinski definition) is 5. The second-order valence-corrected chi connectivity index (χ2v) is 7.54. The highest BCUT2D eigenvalue weighted by molar-refractivity contribution is 7.82. The second-order valence-electron chi connectivity index (χ2n) is 6.26. The highest BCUT2D eigenvalue weighted by Gasteiger charge is 2.17. The molecule has 30 heavy (non-hydrogen) atoms. The number of nitrogens with one attached hydrogen (secondary N) is 2. The molecule has 7 nitrogen and oxygen atoms in total. The normalized spacial score (nSPS) is 10.8. The highest BCUT2D eigenvalue weighted by Crippen LogP contribution is 2.32. The van der Waals surface area contributed by atoms with E-state index in [1.54, 1.807) is 42.7 Å². The molecule has 0 bridgehead atoms. The number of methoxy groups -OCH3 is 1. The van der Waals surface area contributed by atoms with Gasteiger partial charge in [-0.2, -0.15) is 0 Å². The van der Waals surface area contributed by atoms with Crippen molar-refractivity contribution in [3.05, 3.63) is 64.9 Å². The van der Waals surface area contributed by atoms with E-state index in [2.05, 4.69) is 33.1 Å². The van der Waals surface area contributed by atoms with E-state index in [-0.39, 0.29) is 0 Å². The van der Waals surface area contributed by atoms with Gasteiger partial charge in [0.25, 0.3) is 0 Å². The van der Waals surface area contributed by atoms with Crippen molar-refractivity contribution in [2.24, 2.45) is 0 Å².